The highest BCUT2D eigenvalue weighted by Crippen LogP contribution is 2.37. The van der Waals surface area contributed by atoms with Crippen LogP contribution < -0.4 is 9.64 Å². The summed E-state index contributed by atoms with van der Waals surface area (Å²) >= 11 is 0. The van der Waals surface area contributed by atoms with Crippen LogP contribution >= 0.6 is 0 Å². The molecular weight excluding hydrogens is 458 g/mol. The predicted molar refractivity (Wildman–Crippen MR) is 147 cm³/mol. The van der Waals surface area contributed by atoms with Crippen molar-refractivity contribution >= 4 is 11.6 Å². The molecule has 0 fully saturated rings. The summed E-state index contributed by atoms with van der Waals surface area (Å²) in [6, 6.07) is 31.0. The van der Waals surface area contributed by atoms with Gasteiger partial charge in [0.2, 0.25) is 0 Å². The van der Waals surface area contributed by atoms with E-state index in [9.17, 15) is 4.79 Å². The van der Waals surface area contributed by atoms with Crippen LogP contribution in [0.5, 0.6) is 5.75 Å². The fourth-order valence-corrected chi connectivity index (χ4v) is 4.68. The quantitative estimate of drug-likeness (QED) is 0.284. The molecule has 0 atom stereocenters. The maximum absolute atomic E-state index is 12.6. The summed E-state index contributed by atoms with van der Waals surface area (Å²) in [5.41, 5.74) is 7.80. The number of ether oxygens (including phenoxy) is 1. The van der Waals surface area contributed by atoms with Crippen molar-refractivity contribution in [2.75, 3.05) is 18.1 Å². The first-order valence-corrected chi connectivity index (χ1v) is 12.6. The van der Waals surface area contributed by atoms with E-state index in [0.29, 0.717) is 23.9 Å². The van der Waals surface area contributed by atoms with Gasteiger partial charge in [0.15, 0.2) is 6.61 Å². The standard InChI is InChI=1S/C32H29N3O2/c1-22(2)17-23-9-11-25(12-10-23)28-18-27(24-7-4-3-5-8-24)19-29(34-28)26-13-14-31-30(20-26)35(16-6-15-33)32(36)21-37-31/h3-5,7-14,18-20,22H,6,16-17,21H2,1-2H3. The molecule has 0 bridgehead atoms. The molecule has 1 aromatic heterocycles. The van der Waals surface area contributed by atoms with Crippen LogP contribution in [0.2, 0.25) is 0 Å². The second-order valence-corrected chi connectivity index (χ2v) is 9.71. The number of hydrogen-bond donors (Lipinski definition) is 0. The molecule has 5 heteroatoms. The van der Waals surface area contributed by atoms with Crippen LogP contribution in [0.25, 0.3) is 33.6 Å². The Morgan fingerprint density at radius 1 is 0.892 bits per heavy atom. The Labute approximate surface area is 218 Å². The third-order valence-corrected chi connectivity index (χ3v) is 6.47. The number of anilines is 1. The minimum absolute atomic E-state index is 0.0174. The van der Waals surface area contributed by atoms with Gasteiger partial charge in [0, 0.05) is 17.7 Å². The lowest BCUT2D eigenvalue weighted by Crippen LogP contribution is -2.39. The van der Waals surface area contributed by atoms with E-state index >= 15 is 0 Å². The number of amides is 1. The van der Waals surface area contributed by atoms with E-state index in [1.807, 2.05) is 36.4 Å². The average molecular weight is 488 g/mol. The molecular formula is C32H29N3O2. The number of nitriles is 1. The fraction of sp³-hybridized carbons (Fsp3) is 0.219. The number of rotatable bonds is 7. The predicted octanol–water partition coefficient (Wildman–Crippen LogP) is 6.92. The SMILES string of the molecule is CC(C)Cc1ccc(-c2cc(-c3ccccc3)cc(-c3ccc4c(c3)N(CCC#N)C(=O)CO4)n2)cc1. The highest BCUT2D eigenvalue weighted by Gasteiger charge is 2.26. The normalized spacial score (nSPS) is 12.7. The zero-order chi connectivity index (χ0) is 25.8. The van der Waals surface area contributed by atoms with Crippen LogP contribution in [0.4, 0.5) is 5.69 Å². The molecule has 1 aliphatic rings. The summed E-state index contributed by atoms with van der Waals surface area (Å²) in [6.07, 6.45) is 1.30. The molecule has 0 saturated carbocycles. The molecule has 1 amide bonds. The van der Waals surface area contributed by atoms with E-state index in [4.69, 9.17) is 15.0 Å². The van der Waals surface area contributed by atoms with E-state index in [2.05, 4.69) is 68.4 Å². The third kappa shape index (κ3) is 5.39. The van der Waals surface area contributed by atoms with Crippen molar-refractivity contribution in [2.45, 2.75) is 26.7 Å². The summed E-state index contributed by atoms with van der Waals surface area (Å²) in [6.45, 7) is 4.77. The Hall–Kier alpha value is -4.43. The number of pyridine rings is 1. The van der Waals surface area contributed by atoms with E-state index in [1.54, 1.807) is 4.90 Å². The largest absolute Gasteiger partial charge is 0.482 e. The zero-order valence-corrected chi connectivity index (χ0v) is 21.1. The van der Waals surface area contributed by atoms with Crippen molar-refractivity contribution in [1.82, 2.24) is 4.98 Å². The van der Waals surface area contributed by atoms with Crippen LogP contribution in [0.3, 0.4) is 0 Å². The molecule has 0 spiro atoms. The van der Waals surface area contributed by atoms with Crippen LogP contribution in [0.1, 0.15) is 25.8 Å². The first-order chi connectivity index (χ1) is 18.0. The van der Waals surface area contributed by atoms with Gasteiger partial charge in [0.05, 0.1) is 29.6 Å². The lowest BCUT2D eigenvalue weighted by molar-refractivity contribution is -0.121. The number of carbonyl (C=O) groups excluding carboxylic acids is 1. The Bertz CT molecular complexity index is 1450. The Morgan fingerprint density at radius 3 is 2.30 bits per heavy atom. The first kappa shape index (κ1) is 24.3. The van der Waals surface area contributed by atoms with Crippen molar-refractivity contribution in [3.63, 3.8) is 0 Å². The van der Waals surface area contributed by atoms with Crippen molar-refractivity contribution in [3.8, 4) is 45.5 Å². The van der Waals surface area contributed by atoms with Gasteiger partial charge in [-0.15, -0.1) is 0 Å². The molecule has 4 aromatic rings. The summed E-state index contributed by atoms with van der Waals surface area (Å²) in [5, 5.41) is 9.07. The number of nitrogens with zero attached hydrogens (tertiary/aromatic N) is 3. The minimum Gasteiger partial charge on any atom is -0.482 e. The Morgan fingerprint density at radius 2 is 1.59 bits per heavy atom. The van der Waals surface area contributed by atoms with E-state index in [-0.39, 0.29) is 18.9 Å². The van der Waals surface area contributed by atoms with Crippen molar-refractivity contribution in [3.05, 3.63) is 90.5 Å². The number of fused-ring (bicyclic) bond motifs is 1. The maximum atomic E-state index is 12.6. The Balaban J connectivity index is 1.60. The summed E-state index contributed by atoms with van der Waals surface area (Å²) < 4.78 is 5.67. The molecule has 5 rings (SSSR count). The van der Waals surface area contributed by atoms with Gasteiger partial charge < -0.3 is 9.64 Å². The average Bonchev–Trinajstić information content (AvgIpc) is 2.92. The zero-order valence-electron chi connectivity index (χ0n) is 21.1. The Kier molecular flexibility index (Phi) is 7.00. The van der Waals surface area contributed by atoms with E-state index < -0.39 is 0 Å². The molecule has 184 valence electrons. The summed E-state index contributed by atoms with van der Waals surface area (Å²) in [7, 11) is 0. The minimum atomic E-state index is -0.145. The topological polar surface area (TPSA) is 66.2 Å². The van der Waals surface area contributed by atoms with E-state index in [1.165, 1.54) is 5.56 Å². The third-order valence-electron chi connectivity index (χ3n) is 6.47. The lowest BCUT2D eigenvalue weighted by Gasteiger charge is -2.29. The summed E-state index contributed by atoms with van der Waals surface area (Å²) in [4.78, 5) is 19.2. The molecule has 0 N–H and O–H groups in total. The second-order valence-electron chi connectivity index (χ2n) is 9.71. The van der Waals surface area contributed by atoms with Gasteiger partial charge in [0.25, 0.3) is 5.91 Å². The molecule has 1 aliphatic heterocycles. The van der Waals surface area contributed by atoms with Crippen molar-refractivity contribution < 1.29 is 9.53 Å². The van der Waals surface area contributed by atoms with Gasteiger partial charge >= 0.3 is 0 Å². The first-order valence-electron chi connectivity index (χ1n) is 12.6. The molecule has 0 unspecified atom stereocenters. The number of aromatic nitrogens is 1. The molecule has 3 aromatic carbocycles. The highest BCUT2D eigenvalue weighted by atomic mass is 16.5. The van der Waals surface area contributed by atoms with Gasteiger partial charge in [-0.3, -0.25) is 4.79 Å². The van der Waals surface area contributed by atoms with Crippen LogP contribution in [0.15, 0.2) is 84.9 Å². The molecule has 2 heterocycles. The molecule has 0 aliphatic carbocycles. The van der Waals surface area contributed by atoms with Gasteiger partial charge in [0.1, 0.15) is 5.75 Å². The fourth-order valence-electron chi connectivity index (χ4n) is 4.68. The van der Waals surface area contributed by atoms with Gasteiger partial charge in [-0.25, -0.2) is 4.98 Å². The number of benzene rings is 3. The number of carbonyl (C=O) groups is 1. The second kappa shape index (κ2) is 10.7. The van der Waals surface area contributed by atoms with Crippen LogP contribution in [0, 0.1) is 17.2 Å². The molecule has 0 saturated heterocycles. The monoisotopic (exact) mass is 487 g/mol. The molecule has 37 heavy (non-hydrogen) atoms. The maximum Gasteiger partial charge on any atom is 0.265 e. The van der Waals surface area contributed by atoms with Crippen molar-refractivity contribution in [2.24, 2.45) is 5.92 Å². The van der Waals surface area contributed by atoms with E-state index in [0.717, 1.165) is 40.1 Å². The van der Waals surface area contributed by atoms with Crippen molar-refractivity contribution in [1.29, 1.82) is 5.26 Å². The van der Waals surface area contributed by atoms with Gasteiger partial charge in [-0.05, 0) is 59.4 Å². The highest BCUT2D eigenvalue weighted by molar-refractivity contribution is 5.98. The van der Waals surface area contributed by atoms with Gasteiger partial charge in [-0.2, -0.15) is 5.26 Å². The molecule has 0 radical (unpaired) electrons. The summed E-state index contributed by atoms with van der Waals surface area (Å²) in [5.74, 6) is 1.10. The van der Waals surface area contributed by atoms with Crippen LogP contribution in [-0.2, 0) is 11.2 Å². The van der Waals surface area contributed by atoms with Crippen LogP contribution in [-0.4, -0.2) is 24.0 Å². The van der Waals surface area contributed by atoms with Gasteiger partial charge in [-0.1, -0.05) is 68.4 Å². The molecule has 5 nitrogen and oxygen atoms in total. The lowest BCUT2D eigenvalue weighted by atomic mass is 9.98. The number of hydrogen-bond acceptors (Lipinski definition) is 4. The smallest absolute Gasteiger partial charge is 0.265 e.